The maximum Gasteiger partial charge on any atom is 0.411 e. The van der Waals surface area contributed by atoms with Crippen LogP contribution >= 0.6 is 0 Å². The van der Waals surface area contributed by atoms with Gasteiger partial charge in [0, 0.05) is 22.9 Å². The summed E-state index contributed by atoms with van der Waals surface area (Å²) in [6.07, 6.45) is -1.68. The zero-order valence-corrected chi connectivity index (χ0v) is 38.4. The minimum atomic E-state index is -1.25. The van der Waals surface area contributed by atoms with Crippen LogP contribution < -0.4 is 0 Å². The van der Waals surface area contributed by atoms with Crippen LogP contribution in [-0.4, -0.2) is 63.6 Å². The van der Waals surface area contributed by atoms with Crippen LogP contribution in [0.25, 0.3) is 20.9 Å². The van der Waals surface area contributed by atoms with Crippen molar-refractivity contribution in [1.82, 2.24) is 9.80 Å². The summed E-state index contributed by atoms with van der Waals surface area (Å²) in [4.78, 5) is 48.5. The van der Waals surface area contributed by atoms with E-state index in [1.807, 2.05) is 182 Å². The molecule has 0 spiro atoms. The van der Waals surface area contributed by atoms with Crippen LogP contribution in [0.1, 0.15) is 71.1 Å². The number of nitrogens with zero attached hydrogens (tertiary/aromatic N) is 8. The van der Waals surface area contributed by atoms with Gasteiger partial charge < -0.3 is 24.1 Å². The lowest BCUT2D eigenvalue weighted by Crippen LogP contribution is -2.47. The second kappa shape index (κ2) is 25.9. The van der Waals surface area contributed by atoms with Gasteiger partial charge in [0.1, 0.15) is 25.4 Å². The Bertz CT molecular complexity index is 2660. The lowest BCUT2D eigenvalue weighted by atomic mass is 9.92. The molecule has 358 valence electrons. The Hall–Kier alpha value is -8.13. The van der Waals surface area contributed by atoms with Gasteiger partial charge in [-0.25, -0.2) is 9.59 Å². The molecule has 2 amide bonds. The number of carbonyl (C=O) groups is 3. The number of benzene rings is 6. The first kappa shape index (κ1) is 49.8. The molecule has 0 aliphatic carbocycles. The van der Waals surface area contributed by atoms with E-state index in [0.29, 0.717) is 32.2 Å². The normalized spacial score (nSPS) is 19.2. The van der Waals surface area contributed by atoms with Gasteiger partial charge >= 0.3 is 18.2 Å². The number of carbonyl (C=O) groups excluding carboxylic acids is 3. The maximum absolute atomic E-state index is 13.5. The molecule has 1 N–H and O–H groups in total. The van der Waals surface area contributed by atoms with E-state index in [1.54, 1.807) is 9.80 Å². The maximum atomic E-state index is 13.5. The number of aliphatic hydroxyl groups excluding tert-OH is 1. The molecule has 0 aromatic heterocycles. The molecule has 2 fully saturated rings. The van der Waals surface area contributed by atoms with E-state index in [4.69, 9.17) is 30.0 Å². The van der Waals surface area contributed by atoms with Gasteiger partial charge in [-0.05, 0) is 70.1 Å². The number of rotatable bonds is 16. The van der Waals surface area contributed by atoms with Crippen molar-refractivity contribution in [3.8, 4) is 0 Å². The fourth-order valence-electron chi connectivity index (χ4n) is 8.55. The van der Waals surface area contributed by atoms with Crippen LogP contribution in [0.5, 0.6) is 0 Å². The van der Waals surface area contributed by atoms with E-state index in [9.17, 15) is 19.5 Å². The highest BCUT2D eigenvalue weighted by Gasteiger charge is 2.41. The molecule has 6 aromatic rings. The first-order chi connectivity index (χ1) is 34.3. The monoisotopic (exact) mass is 942 g/mol. The highest BCUT2D eigenvalue weighted by Crippen LogP contribution is 2.37. The summed E-state index contributed by atoms with van der Waals surface area (Å²) in [7, 11) is 0. The van der Waals surface area contributed by atoms with Gasteiger partial charge in [0.2, 0.25) is 0 Å². The fourth-order valence-corrected chi connectivity index (χ4v) is 8.55. The van der Waals surface area contributed by atoms with Crippen molar-refractivity contribution < 1.29 is 38.4 Å². The number of hydrogen-bond acceptors (Lipinski definition) is 10. The number of ether oxygens (including phenoxy) is 4. The predicted octanol–water partition coefficient (Wildman–Crippen LogP) is 11.7. The Morgan fingerprint density at radius 1 is 0.557 bits per heavy atom. The second-order valence-corrected chi connectivity index (χ2v) is 16.7. The summed E-state index contributed by atoms with van der Waals surface area (Å²) in [5.74, 6) is -0.586. The minimum Gasteiger partial charge on any atom is -0.459 e. The highest BCUT2D eigenvalue weighted by atomic mass is 16.6. The van der Waals surface area contributed by atoms with Crippen LogP contribution in [0.2, 0.25) is 0 Å². The van der Waals surface area contributed by atoms with Crippen molar-refractivity contribution in [3.63, 3.8) is 0 Å². The summed E-state index contributed by atoms with van der Waals surface area (Å²) in [5, 5.41) is 17.7. The van der Waals surface area contributed by atoms with Crippen molar-refractivity contribution in [2.24, 2.45) is 10.2 Å². The Labute approximate surface area is 406 Å². The fraction of sp³-hybridized carbons (Fsp3) is 0.278. The lowest BCUT2D eigenvalue weighted by Gasteiger charge is -2.41. The molecule has 2 saturated heterocycles. The van der Waals surface area contributed by atoms with Gasteiger partial charge in [-0.3, -0.25) is 14.6 Å². The molecule has 0 radical (unpaired) electrons. The first-order valence-corrected chi connectivity index (χ1v) is 23.1. The number of azide groups is 2. The average Bonchev–Trinajstić information content (AvgIpc) is 3.40. The Balaban J connectivity index is 0.000000206. The molecule has 7 atom stereocenters. The van der Waals surface area contributed by atoms with Crippen LogP contribution in [0.3, 0.4) is 0 Å². The van der Waals surface area contributed by atoms with E-state index >= 15 is 0 Å². The number of hydrogen-bond donors (Lipinski definition) is 1. The van der Waals surface area contributed by atoms with Gasteiger partial charge in [-0.15, -0.1) is 0 Å². The quantitative estimate of drug-likeness (QED) is 0.0323. The molecule has 2 aliphatic rings. The van der Waals surface area contributed by atoms with Crippen molar-refractivity contribution in [1.29, 1.82) is 0 Å². The van der Waals surface area contributed by atoms with Gasteiger partial charge in [-0.2, -0.15) is 0 Å². The van der Waals surface area contributed by atoms with E-state index in [0.717, 1.165) is 33.4 Å². The predicted molar refractivity (Wildman–Crippen MR) is 261 cm³/mol. The van der Waals surface area contributed by atoms with Gasteiger partial charge in [0.05, 0.1) is 24.2 Å². The molecule has 16 heteroatoms. The number of amides is 2. The summed E-state index contributed by atoms with van der Waals surface area (Å²) in [6, 6.07) is 54.6. The van der Waals surface area contributed by atoms with Crippen LogP contribution in [0.15, 0.2) is 192 Å². The Morgan fingerprint density at radius 2 is 0.943 bits per heavy atom. The molecule has 70 heavy (non-hydrogen) atoms. The van der Waals surface area contributed by atoms with E-state index in [1.165, 1.54) is 0 Å². The molecule has 0 bridgehead atoms. The molecule has 16 nitrogen and oxygen atoms in total. The van der Waals surface area contributed by atoms with Crippen LogP contribution in [-0.2, 0) is 50.0 Å². The molecule has 2 aliphatic heterocycles. The third-order valence-corrected chi connectivity index (χ3v) is 12.0. The van der Waals surface area contributed by atoms with E-state index in [2.05, 4.69) is 20.1 Å². The molecular weight excluding hydrogens is 889 g/mol. The van der Waals surface area contributed by atoms with E-state index < -0.39 is 60.8 Å². The van der Waals surface area contributed by atoms with Gasteiger partial charge in [-0.1, -0.05) is 192 Å². The summed E-state index contributed by atoms with van der Waals surface area (Å²) in [5.41, 5.74) is 22.8. The third kappa shape index (κ3) is 14.0. The van der Waals surface area contributed by atoms with Gasteiger partial charge in [0.15, 0.2) is 6.29 Å². The number of esters is 1. The first-order valence-electron chi connectivity index (χ1n) is 23.1. The SMILES string of the molecule is [N-]=[N+]=NC1CC[C@@H]([C@@H](c2ccccc2)N(Cc2ccccc2)C(=O)OCc2ccccc2)OC1=O.[N-]=[N+]=NC1CC[C@@H]([C@@H](c2ccccc2)N(Cc2ccccc2)C(=O)OCc2ccccc2)OC1O. The zero-order valence-electron chi connectivity index (χ0n) is 38.4. The zero-order chi connectivity index (χ0) is 48.9. The van der Waals surface area contributed by atoms with Crippen molar-refractivity contribution in [2.75, 3.05) is 0 Å². The summed E-state index contributed by atoms with van der Waals surface area (Å²) in [6.45, 7) is 0.821. The number of cyclic esters (lactones) is 1. The molecular formula is C54H54N8O8. The molecule has 0 saturated carbocycles. The number of aliphatic hydroxyl groups is 1. The van der Waals surface area contributed by atoms with Crippen molar-refractivity contribution in [2.45, 2.75) is 94.7 Å². The highest BCUT2D eigenvalue weighted by molar-refractivity contribution is 5.77. The third-order valence-electron chi connectivity index (χ3n) is 12.0. The lowest BCUT2D eigenvalue weighted by molar-refractivity contribution is -0.189. The van der Waals surface area contributed by atoms with Gasteiger partial charge in [0.25, 0.3) is 0 Å². The summed E-state index contributed by atoms with van der Waals surface area (Å²) >= 11 is 0. The Morgan fingerprint density at radius 3 is 1.34 bits per heavy atom. The molecule has 8 rings (SSSR count). The smallest absolute Gasteiger partial charge is 0.411 e. The standard InChI is InChI=1S/C27H28N4O4.C27H26N4O4/c2*28-30-29-23-16-17-24(35-26(23)32)25(22-14-8-3-9-15-22)31(18-20-10-4-1-5-11-20)27(33)34-19-21-12-6-2-7-13-21/h1-15,23-26,32H,16-19H2;1-15,23-25H,16-19H2/t23?,24-,25+,26?;23?,24-,25+/m00/s1. The average molecular weight is 943 g/mol. The van der Waals surface area contributed by atoms with E-state index in [-0.39, 0.29) is 19.8 Å². The molecule has 2 heterocycles. The van der Waals surface area contributed by atoms with Crippen LogP contribution in [0, 0.1) is 0 Å². The molecule has 6 aromatic carbocycles. The van der Waals surface area contributed by atoms with Crippen molar-refractivity contribution in [3.05, 3.63) is 236 Å². The second-order valence-electron chi connectivity index (χ2n) is 16.7. The van der Waals surface area contributed by atoms with Crippen LogP contribution in [0.4, 0.5) is 9.59 Å². The summed E-state index contributed by atoms with van der Waals surface area (Å²) < 4.78 is 23.2. The largest absolute Gasteiger partial charge is 0.459 e. The topological polar surface area (TPSA) is 212 Å². The Kier molecular flexibility index (Phi) is 18.4. The molecule has 3 unspecified atom stereocenters. The minimum absolute atomic E-state index is 0.121. The van der Waals surface area contributed by atoms with Crippen molar-refractivity contribution >= 4 is 18.2 Å².